The van der Waals surface area contributed by atoms with E-state index in [4.69, 9.17) is 15.2 Å². The van der Waals surface area contributed by atoms with E-state index in [2.05, 4.69) is 11.0 Å². The first-order valence-electron chi connectivity index (χ1n) is 6.75. The summed E-state index contributed by atoms with van der Waals surface area (Å²) in [6, 6.07) is 6.03. The molecule has 0 aliphatic carbocycles. The van der Waals surface area contributed by atoms with Gasteiger partial charge in [-0.05, 0) is 25.0 Å². The molecule has 2 aliphatic heterocycles. The molecule has 0 bridgehead atoms. The van der Waals surface area contributed by atoms with Gasteiger partial charge < -0.3 is 25.2 Å². The van der Waals surface area contributed by atoms with Gasteiger partial charge in [-0.15, -0.1) is 0 Å². The molecule has 5 nitrogen and oxygen atoms in total. The Hall–Kier alpha value is -1.46. The maximum Gasteiger partial charge on any atom is 0.163 e. The fourth-order valence-corrected chi connectivity index (χ4v) is 2.60. The molecule has 1 saturated heterocycles. The third-order valence-electron chi connectivity index (χ3n) is 3.97. The number of benzene rings is 1. The maximum absolute atomic E-state index is 9.29. The second kappa shape index (κ2) is 4.90. The van der Waals surface area contributed by atoms with Crippen LogP contribution in [0, 0.1) is 0 Å². The van der Waals surface area contributed by atoms with Gasteiger partial charge >= 0.3 is 0 Å². The van der Waals surface area contributed by atoms with Crippen molar-refractivity contribution in [2.75, 3.05) is 37.8 Å². The lowest BCUT2D eigenvalue weighted by Crippen LogP contribution is -2.52. The quantitative estimate of drug-likeness (QED) is 0.825. The van der Waals surface area contributed by atoms with Crippen LogP contribution in [-0.2, 0) is 0 Å². The normalized spacial score (nSPS) is 21.3. The first-order chi connectivity index (χ1) is 9.20. The Morgan fingerprint density at radius 2 is 1.84 bits per heavy atom. The Balaban J connectivity index is 1.73. The highest BCUT2D eigenvalue weighted by molar-refractivity contribution is 5.57. The molecule has 0 radical (unpaired) electrons. The average molecular weight is 264 g/mol. The van der Waals surface area contributed by atoms with Crippen molar-refractivity contribution in [1.82, 2.24) is 0 Å². The molecule has 5 heteroatoms. The van der Waals surface area contributed by atoms with Crippen LogP contribution in [0.2, 0.25) is 0 Å². The molecular formula is C14H20N2O3. The van der Waals surface area contributed by atoms with Gasteiger partial charge in [0.1, 0.15) is 13.2 Å². The molecule has 0 aromatic heterocycles. The van der Waals surface area contributed by atoms with Crippen LogP contribution in [0.15, 0.2) is 18.2 Å². The molecule has 104 valence electrons. The fraction of sp³-hybridized carbons (Fsp3) is 0.571. The molecule has 0 saturated carbocycles. The van der Waals surface area contributed by atoms with Gasteiger partial charge in [-0.2, -0.15) is 0 Å². The zero-order valence-corrected chi connectivity index (χ0v) is 11.0. The van der Waals surface area contributed by atoms with Gasteiger partial charge in [0.15, 0.2) is 11.5 Å². The summed E-state index contributed by atoms with van der Waals surface area (Å²) in [5, 5.41) is 9.29. The van der Waals surface area contributed by atoms with E-state index in [9.17, 15) is 5.11 Å². The van der Waals surface area contributed by atoms with Gasteiger partial charge in [0.05, 0.1) is 6.61 Å². The van der Waals surface area contributed by atoms with Gasteiger partial charge in [0.2, 0.25) is 0 Å². The van der Waals surface area contributed by atoms with E-state index in [1.165, 1.54) is 0 Å². The number of hydrogen-bond donors (Lipinski definition) is 2. The number of rotatable bonds is 2. The van der Waals surface area contributed by atoms with Crippen LogP contribution < -0.4 is 20.1 Å². The van der Waals surface area contributed by atoms with E-state index in [1.54, 1.807) is 0 Å². The van der Waals surface area contributed by atoms with Crippen molar-refractivity contribution in [3.8, 4) is 11.5 Å². The van der Waals surface area contributed by atoms with Crippen molar-refractivity contribution in [1.29, 1.82) is 0 Å². The number of ether oxygens (including phenoxy) is 2. The molecule has 1 aromatic rings. The first-order valence-corrected chi connectivity index (χ1v) is 6.75. The number of hydrogen-bond acceptors (Lipinski definition) is 5. The van der Waals surface area contributed by atoms with E-state index in [0.29, 0.717) is 13.2 Å². The fourth-order valence-electron chi connectivity index (χ4n) is 2.60. The minimum Gasteiger partial charge on any atom is -0.486 e. The minimum absolute atomic E-state index is 0.0575. The predicted octanol–water partition coefficient (Wildman–Crippen LogP) is 0.748. The number of aliphatic hydroxyl groups is 1. The molecule has 1 fully saturated rings. The van der Waals surface area contributed by atoms with Crippen molar-refractivity contribution in [3.05, 3.63) is 18.2 Å². The van der Waals surface area contributed by atoms with Crippen LogP contribution in [0.4, 0.5) is 5.69 Å². The summed E-state index contributed by atoms with van der Waals surface area (Å²) in [5.41, 5.74) is 6.80. The highest BCUT2D eigenvalue weighted by Crippen LogP contribution is 2.35. The Morgan fingerprint density at radius 1 is 1.16 bits per heavy atom. The van der Waals surface area contributed by atoms with Crippen molar-refractivity contribution in [3.63, 3.8) is 0 Å². The van der Waals surface area contributed by atoms with E-state index < -0.39 is 5.54 Å². The molecule has 2 aliphatic rings. The van der Waals surface area contributed by atoms with Gasteiger partial charge in [-0.25, -0.2) is 0 Å². The molecule has 19 heavy (non-hydrogen) atoms. The highest BCUT2D eigenvalue weighted by atomic mass is 16.6. The van der Waals surface area contributed by atoms with Gasteiger partial charge in [0.25, 0.3) is 0 Å². The van der Waals surface area contributed by atoms with Gasteiger partial charge in [-0.1, -0.05) is 0 Å². The van der Waals surface area contributed by atoms with E-state index in [1.807, 2.05) is 12.1 Å². The summed E-state index contributed by atoms with van der Waals surface area (Å²) in [6.45, 7) is 2.99. The second-order valence-electron chi connectivity index (χ2n) is 5.34. The van der Waals surface area contributed by atoms with Crippen molar-refractivity contribution >= 4 is 5.69 Å². The molecular weight excluding hydrogens is 244 g/mol. The van der Waals surface area contributed by atoms with Crippen LogP contribution in [0.1, 0.15) is 12.8 Å². The second-order valence-corrected chi connectivity index (χ2v) is 5.34. The van der Waals surface area contributed by atoms with E-state index in [0.717, 1.165) is 43.1 Å². The summed E-state index contributed by atoms with van der Waals surface area (Å²) in [5.74, 6) is 1.63. The van der Waals surface area contributed by atoms with Crippen LogP contribution in [0.5, 0.6) is 11.5 Å². The number of piperidine rings is 1. The molecule has 3 N–H and O–H groups in total. The van der Waals surface area contributed by atoms with Crippen LogP contribution >= 0.6 is 0 Å². The summed E-state index contributed by atoms with van der Waals surface area (Å²) in [4.78, 5) is 2.28. The summed E-state index contributed by atoms with van der Waals surface area (Å²) >= 11 is 0. The lowest BCUT2D eigenvalue weighted by Gasteiger charge is -2.39. The minimum atomic E-state index is -0.412. The number of aliphatic hydroxyl groups excluding tert-OH is 1. The maximum atomic E-state index is 9.29. The smallest absolute Gasteiger partial charge is 0.163 e. The zero-order chi connectivity index (χ0) is 13.3. The summed E-state index contributed by atoms with van der Waals surface area (Å²) < 4.78 is 11.1. The largest absolute Gasteiger partial charge is 0.486 e. The van der Waals surface area contributed by atoms with Crippen molar-refractivity contribution < 1.29 is 14.6 Å². The van der Waals surface area contributed by atoms with Gasteiger partial charge in [-0.3, -0.25) is 0 Å². The zero-order valence-electron chi connectivity index (χ0n) is 11.0. The third-order valence-corrected chi connectivity index (χ3v) is 3.97. The van der Waals surface area contributed by atoms with Gasteiger partial charge in [0, 0.05) is 30.4 Å². The van der Waals surface area contributed by atoms with Crippen LogP contribution in [0.25, 0.3) is 0 Å². The third kappa shape index (κ3) is 2.48. The average Bonchev–Trinajstić information content (AvgIpc) is 2.47. The highest BCUT2D eigenvalue weighted by Gasteiger charge is 2.30. The summed E-state index contributed by atoms with van der Waals surface area (Å²) in [7, 11) is 0. The predicted molar refractivity (Wildman–Crippen MR) is 72.9 cm³/mol. The van der Waals surface area contributed by atoms with E-state index >= 15 is 0 Å². The Kier molecular flexibility index (Phi) is 3.24. The number of fused-ring (bicyclic) bond motifs is 1. The standard InChI is InChI=1S/C14H20N2O3/c15-14(10-17)3-5-16(6-4-14)11-1-2-12-13(9-11)19-8-7-18-12/h1-2,9,17H,3-8,10,15H2. The van der Waals surface area contributed by atoms with Crippen molar-refractivity contribution in [2.24, 2.45) is 5.73 Å². The molecule has 1 aromatic carbocycles. The Morgan fingerprint density at radius 3 is 2.53 bits per heavy atom. The molecule has 0 amide bonds. The number of nitrogens with zero attached hydrogens (tertiary/aromatic N) is 1. The molecule has 0 atom stereocenters. The molecule has 0 unspecified atom stereocenters. The monoisotopic (exact) mass is 264 g/mol. The first kappa shape index (κ1) is 12.6. The SMILES string of the molecule is NC1(CO)CCN(c2ccc3c(c2)OCCO3)CC1. The molecule has 0 spiro atoms. The van der Waals surface area contributed by atoms with E-state index in [-0.39, 0.29) is 6.61 Å². The lowest BCUT2D eigenvalue weighted by molar-refractivity contribution is 0.168. The summed E-state index contributed by atoms with van der Waals surface area (Å²) in [6.07, 6.45) is 1.61. The van der Waals surface area contributed by atoms with Crippen LogP contribution in [-0.4, -0.2) is 43.6 Å². The lowest BCUT2D eigenvalue weighted by atomic mass is 9.89. The topological polar surface area (TPSA) is 68.0 Å². The van der Waals surface area contributed by atoms with Crippen molar-refractivity contribution in [2.45, 2.75) is 18.4 Å². The molecule has 3 rings (SSSR count). The number of anilines is 1. The van der Waals surface area contributed by atoms with Crippen LogP contribution in [0.3, 0.4) is 0 Å². The number of nitrogens with two attached hydrogens (primary N) is 1. The Labute approximate surface area is 112 Å². The Bertz CT molecular complexity index is 456. The molecule has 2 heterocycles.